The summed E-state index contributed by atoms with van der Waals surface area (Å²) in [7, 11) is 0. The molecule has 0 aliphatic heterocycles. The van der Waals surface area contributed by atoms with E-state index < -0.39 is 0 Å². The number of benzene rings is 1. The molecular formula is C15H19FN2O2. The third-order valence-electron chi connectivity index (χ3n) is 3.28. The van der Waals surface area contributed by atoms with Crippen LogP contribution in [-0.2, 0) is 16.1 Å². The Morgan fingerprint density at radius 2 is 1.95 bits per heavy atom. The van der Waals surface area contributed by atoms with Crippen molar-refractivity contribution in [3.8, 4) is 0 Å². The van der Waals surface area contributed by atoms with Gasteiger partial charge in [-0.15, -0.1) is 0 Å². The smallest absolute Gasteiger partial charge is 0.221 e. The van der Waals surface area contributed by atoms with Crippen molar-refractivity contribution in [2.45, 2.75) is 38.8 Å². The first kappa shape index (κ1) is 14.5. The molecule has 0 aromatic heterocycles. The molecule has 1 saturated carbocycles. The van der Waals surface area contributed by atoms with Crippen molar-refractivity contribution in [1.29, 1.82) is 0 Å². The first-order valence-electron chi connectivity index (χ1n) is 6.84. The van der Waals surface area contributed by atoms with Gasteiger partial charge in [0.2, 0.25) is 11.8 Å². The lowest BCUT2D eigenvalue weighted by atomic mass is 10.2. The third kappa shape index (κ3) is 4.64. The molecule has 0 saturated heterocycles. The minimum Gasteiger partial charge on any atom is -0.353 e. The Morgan fingerprint density at radius 3 is 2.50 bits per heavy atom. The zero-order chi connectivity index (χ0) is 14.5. The van der Waals surface area contributed by atoms with Gasteiger partial charge in [-0.05, 0) is 30.5 Å². The molecule has 1 aromatic carbocycles. The maximum absolute atomic E-state index is 12.8. The number of hydrogen-bond donors (Lipinski definition) is 1. The molecule has 0 radical (unpaired) electrons. The number of halogens is 1. The van der Waals surface area contributed by atoms with Crippen LogP contribution < -0.4 is 5.32 Å². The van der Waals surface area contributed by atoms with Gasteiger partial charge in [-0.3, -0.25) is 9.59 Å². The van der Waals surface area contributed by atoms with Crippen molar-refractivity contribution in [2.75, 3.05) is 6.54 Å². The predicted octanol–water partition coefficient (Wildman–Crippen LogP) is 1.84. The Hall–Kier alpha value is -1.91. The largest absolute Gasteiger partial charge is 0.353 e. The molecule has 1 aromatic rings. The maximum Gasteiger partial charge on any atom is 0.221 e. The van der Waals surface area contributed by atoms with Gasteiger partial charge >= 0.3 is 0 Å². The fourth-order valence-corrected chi connectivity index (χ4v) is 1.92. The van der Waals surface area contributed by atoms with Gasteiger partial charge in [-0.25, -0.2) is 4.39 Å². The van der Waals surface area contributed by atoms with E-state index in [1.165, 1.54) is 19.1 Å². The van der Waals surface area contributed by atoms with Gasteiger partial charge in [0.05, 0.1) is 0 Å². The zero-order valence-corrected chi connectivity index (χ0v) is 11.6. The van der Waals surface area contributed by atoms with Crippen LogP contribution in [0.15, 0.2) is 24.3 Å². The van der Waals surface area contributed by atoms with E-state index in [2.05, 4.69) is 5.32 Å². The van der Waals surface area contributed by atoms with Crippen LogP contribution >= 0.6 is 0 Å². The molecule has 1 fully saturated rings. The molecule has 0 unspecified atom stereocenters. The third-order valence-corrected chi connectivity index (χ3v) is 3.28. The summed E-state index contributed by atoms with van der Waals surface area (Å²) in [5.74, 6) is -0.404. The first-order valence-corrected chi connectivity index (χ1v) is 6.84. The second-order valence-electron chi connectivity index (χ2n) is 5.16. The number of nitrogens with zero attached hydrogens (tertiary/aromatic N) is 1. The van der Waals surface area contributed by atoms with Crippen molar-refractivity contribution in [3.05, 3.63) is 35.6 Å². The van der Waals surface area contributed by atoms with Crippen LogP contribution in [0, 0.1) is 5.82 Å². The number of hydrogen-bond acceptors (Lipinski definition) is 2. The van der Waals surface area contributed by atoms with Crippen molar-refractivity contribution in [2.24, 2.45) is 0 Å². The lowest BCUT2D eigenvalue weighted by molar-refractivity contribution is -0.130. The van der Waals surface area contributed by atoms with Crippen molar-refractivity contribution >= 4 is 11.8 Å². The molecule has 2 rings (SSSR count). The van der Waals surface area contributed by atoms with Gasteiger partial charge in [0.1, 0.15) is 5.82 Å². The lowest BCUT2D eigenvalue weighted by Crippen LogP contribution is -2.34. The van der Waals surface area contributed by atoms with E-state index in [4.69, 9.17) is 0 Å². The molecule has 0 atom stereocenters. The second kappa shape index (κ2) is 6.50. The zero-order valence-electron chi connectivity index (χ0n) is 11.6. The average Bonchev–Trinajstić information content (AvgIpc) is 3.20. The van der Waals surface area contributed by atoms with Crippen LogP contribution in [0.2, 0.25) is 0 Å². The van der Waals surface area contributed by atoms with E-state index in [1.807, 2.05) is 0 Å². The fourth-order valence-electron chi connectivity index (χ4n) is 1.92. The maximum atomic E-state index is 12.8. The summed E-state index contributed by atoms with van der Waals surface area (Å²) in [4.78, 5) is 24.8. The summed E-state index contributed by atoms with van der Waals surface area (Å²) in [5.41, 5.74) is 0.851. The quantitative estimate of drug-likeness (QED) is 0.863. The van der Waals surface area contributed by atoms with E-state index in [-0.39, 0.29) is 17.6 Å². The molecule has 1 N–H and O–H groups in total. The molecule has 0 bridgehead atoms. The van der Waals surface area contributed by atoms with Gasteiger partial charge in [0.25, 0.3) is 0 Å². The SMILES string of the molecule is CC(=O)N(CCC(=O)NC1CC1)Cc1ccc(F)cc1. The highest BCUT2D eigenvalue weighted by Crippen LogP contribution is 2.18. The highest BCUT2D eigenvalue weighted by Gasteiger charge is 2.23. The van der Waals surface area contributed by atoms with Crippen molar-refractivity contribution in [1.82, 2.24) is 10.2 Å². The van der Waals surface area contributed by atoms with Crippen LogP contribution in [0.25, 0.3) is 0 Å². The summed E-state index contributed by atoms with van der Waals surface area (Å²) in [6, 6.07) is 6.37. The molecule has 2 amide bonds. The van der Waals surface area contributed by atoms with E-state index >= 15 is 0 Å². The molecule has 4 nitrogen and oxygen atoms in total. The number of carbonyl (C=O) groups excluding carboxylic acids is 2. The average molecular weight is 278 g/mol. The van der Waals surface area contributed by atoms with Crippen molar-refractivity contribution in [3.63, 3.8) is 0 Å². The minimum absolute atomic E-state index is 0.0159. The number of amides is 2. The first-order chi connectivity index (χ1) is 9.54. The molecule has 1 aliphatic carbocycles. The van der Waals surface area contributed by atoms with E-state index in [9.17, 15) is 14.0 Å². The van der Waals surface area contributed by atoms with E-state index in [0.717, 1.165) is 18.4 Å². The normalized spacial score (nSPS) is 13.9. The van der Waals surface area contributed by atoms with Gasteiger partial charge in [-0.2, -0.15) is 0 Å². The van der Waals surface area contributed by atoms with Crippen LogP contribution in [0.4, 0.5) is 4.39 Å². The van der Waals surface area contributed by atoms with Crippen LogP contribution in [-0.4, -0.2) is 29.3 Å². The number of rotatable bonds is 6. The molecule has 0 spiro atoms. The van der Waals surface area contributed by atoms with Gasteiger partial charge in [-0.1, -0.05) is 12.1 Å². The monoisotopic (exact) mass is 278 g/mol. The standard InChI is InChI=1S/C15H19FN2O2/c1-11(19)18(9-8-15(20)17-14-6-7-14)10-12-2-4-13(16)5-3-12/h2-5,14H,6-10H2,1H3,(H,17,20). The summed E-state index contributed by atoms with van der Waals surface area (Å²) >= 11 is 0. The summed E-state index contributed by atoms with van der Waals surface area (Å²) < 4.78 is 12.8. The highest BCUT2D eigenvalue weighted by molar-refractivity contribution is 5.78. The summed E-state index contributed by atoms with van der Waals surface area (Å²) in [5, 5.41) is 2.89. The lowest BCUT2D eigenvalue weighted by Gasteiger charge is -2.21. The van der Waals surface area contributed by atoms with Gasteiger partial charge < -0.3 is 10.2 Å². The van der Waals surface area contributed by atoms with Gasteiger partial charge in [0, 0.05) is 32.5 Å². The number of nitrogens with one attached hydrogen (secondary N) is 1. The molecule has 20 heavy (non-hydrogen) atoms. The summed E-state index contributed by atoms with van der Waals surface area (Å²) in [6.07, 6.45) is 2.41. The van der Waals surface area contributed by atoms with Gasteiger partial charge in [0.15, 0.2) is 0 Å². The Bertz CT molecular complexity index is 483. The summed E-state index contributed by atoms with van der Waals surface area (Å²) in [6.45, 7) is 2.25. The predicted molar refractivity (Wildman–Crippen MR) is 73.3 cm³/mol. The topological polar surface area (TPSA) is 49.4 Å². The van der Waals surface area contributed by atoms with E-state index in [0.29, 0.717) is 25.6 Å². The number of carbonyl (C=O) groups is 2. The van der Waals surface area contributed by atoms with Crippen LogP contribution in [0.5, 0.6) is 0 Å². The Balaban J connectivity index is 1.84. The fraction of sp³-hybridized carbons (Fsp3) is 0.467. The Labute approximate surface area is 118 Å². The minimum atomic E-state index is -0.299. The van der Waals surface area contributed by atoms with Crippen molar-refractivity contribution < 1.29 is 14.0 Å². The highest BCUT2D eigenvalue weighted by atomic mass is 19.1. The van der Waals surface area contributed by atoms with E-state index in [1.54, 1.807) is 17.0 Å². The van der Waals surface area contributed by atoms with Crippen LogP contribution in [0.1, 0.15) is 31.7 Å². The second-order valence-corrected chi connectivity index (χ2v) is 5.16. The molecule has 1 aliphatic rings. The molecule has 108 valence electrons. The Morgan fingerprint density at radius 1 is 1.30 bits per heavy atom. The van der Waals surface area contributed by atoms with Crippen LogP contribution in [0.3, 0.4) is 0 Å². The molecular weight excluding hydrogens is 259 g/mol. The molecule has 0 heterocycles. The molecule has 5 heteroatoms. The Kier molecular flexibility index (Phi) is 4.71.